The Morgan fingerprint density at radius 1 is 1.08 bits per heavy atom. The molecule has 1 aliphatic heterocycles. The van der Waals surface area contributed by atoms with Crippen LogP contribution in [0.2, 0.25) is 0 Å². The van der Waals surface area contributed by atoms with Gasteiger partial charge in [0.15, 0.2) is 0 Å². The zero-order chi connectivity index (χ0) is 27.4. The molecular weight excluding hydrogens is 499 g/mol. The predicted octanol–water partition coefficient (Wildman–Crippen LogP) is 6.43. The Labute approximate surface area is 218 Å². The number of amides is 1. The third kappa shape index (κ3) is 6.46. The number of aromatic nitrogens is 2. The zero-order valence-corrected chi connectivity index (χ0v) is 21.2. The van der Waals surface area contributed by atoms with E-state index in [9.17, 15) is 18.0 Å². The first kappa shape index (κ1) is 27.5. The molecule has 1 amide bonds. The van der Waals surface area contributed by atoms with Crippen molar-refractivity contribution in [1.82, 2.24) is 14.5 Å². The summed E-state index contributed by atoms with van der Waals surface area (Å²) in [7, 11) is 0. The maximum Gasteiger partial charge on any atom is 0.503 e. The molecule has 1 aromatic carbocycles. The first-order chi connectivity index (χ1) is 18.0. The van der Waals surface area contributed by atoms with E-state index in [4.69, 9.17) is 15.0 Å². The van der Waals surface area contributed by atoms with Crippen molar-refractivity contribution in [3.05, 3.63) is 65.0 Å². The first-order valence-electron chi connectivity index (χ1n) is 12.8. The van der Waals surface area contributed by atoms with Gasteiger partial charge < -0.3 is 19.7 Å². The lowest BCUT2D eigenvalue weighted by molar-refractivity contribution is -0.137. The molecule has 2 aromatic heterocycles. The molecule has 0 saturated heterocycles. The van der Waals surface area contributed by atoms with Gasteiger partial charge in [0.25, 0.3) is 0 Å². The monoisotopic (exact) mass is 531 g/mol. The van der Waals surface area contributed by atoms with Crippen molar-refractivity contribution in [2.45, 2.75) is 64.7 Å². The number of alkyl halides is 3. The van der Waals surface area contributed by atoms with Gasteiger partial charge in [0.1, 0.15) is 5.65 Å². The summed E-state index contributed by atoms with van der Waals surface area (Å²) in [6.45, 7) is 3.72. The van der Waals surface area contributed by atoms with Crippen molar-refractivity contribution in [2.24, 2.45) is 11.8 Å². The highest BCUT2D eigenvalue weighted by Gasteiger charge is 2.31. The molecular formula is C28H32F3N3O4. The fourth-order valence-electron chi connectivity index (χ4n) is 5.58. The molecule has 10 heteroatoms. The van der Waals surface area contributed by atoms with E-state index < -0.39 is 17.9 Å². The summed E-state index contributed by atoms with van der Waals surface area (Å²) in [6.07, 6.45) is 1.44. The smallest absolute Gasteiger partial charge is 0.450 e. The number of carbonyl (C=O) groups is 2. The Balaban J connectivity index is 0.000000786. The van der Waals surface area contributed by atoms with Crippen molar-refractivity contribution in [3.8, 4) is 0 Å². The van der Waals surface area contributed by atoms with Crippen LogP contribution >= 0.6 is 0 Å². The van der Waals surface area contributed by atoms with E-state index in [1.165, 1.54) is 25.0 Å². The van der Waals surface area contributed by atoms with Crippen LogP contribution in [0.25, 0.3) is 11.0 Å². The van der Waals surface area contributed by atoms with Crippen LogP contribution in [0.15, 0.2) is 42.6 Å². The quantitative estimate of drug-likeness (QED) is 0.405. The Bertz CT molecular complexity index is 1290. The third-order valence-corrected chi connectivity index (χ3v) is 7.56. The third-order valence-electron chi connectivity index (χ3n) is 7.56. The minimum Gasteiger partial charge on any atom is -0.450 e. The van der Waals surface area contributed by atoms with Gasteiger partial charge in [0, 0.05) is 36.8 Å². The topological polar surface area (TPSA) is 95.7 Å². The Hall–Kier alpha value is -3.56. The highest BCUT2D eigenvalue weighted by Crippen LogP contribution is 2.34. The Morgan fingerprint density at radius 3 is 2.47 bits per heavy atom. The van der Waals surface area contributed by atoms with Gasteiger partial charge in [0.05, 0.1) is 12.1 Å². The molecule has 2 aliphatic rings. The van der Waals surface area contributed by atoms with Crippen molar-refractivity contribution < 1.29 is 33.0 Å². The fraction of sp³-hybridized carbons (Fsp3) is 0.464. The molecule has 204 valence electrons. The highest BCUT2D eigenvalue weighted by molar-refractivity contribution is 5.84. The fourth-order valence-corrected chi connectivity index (χ4v) is 5.58. The van der Waals surface area contributed by atoms with Crippen LogP contribution in [-0.4, -0.2) is 43.3 Å². The van der Waals surface area contributed by atoms with E-state index in [0.717, 1.165) is 53.5 Å². The second-order valence-electron chi connectivity index (χ2n) is 10.3. The number of rotatable bonds is 4. The Kier molecular flexibility index (Phi) is 8.28. The van der Waals surface area contributed by atoms with E-state index in [1.54, 1.807) is 12.3 Å². The number of pyridine rings is 1. The number of halogens is 3. The maximum absolute atomic E-state index is 13.3. The highest BCUT2D eigenvalue weighted by atomic mass is 19.4. The first-order valence-corrected chi connectivity index (χ1v) is 12.8. The van der Waals surface area contributed by atoms with Crippen molar-refractivity contribution in [2.75, 3.05) is 6.54 Å². The van der Waals surface area contributed by atoms with Crippen LogP contribution in [0.4, 0.5) is 18.0 Å². The van der Waals surface area contributed by atoms with Crippen LogP contribution in [0.1, 0.15) is 61.4 Å². The van der Waals surface area contributed by atoms with Gasteiger partial charge in [-0.1, -0.05) is 31.9 Å². The molecule has 0 spiro atoms. The number of nitrogens with zero attached hydrogens (tertiary/aromatic N) is 3. The minimum absolute atomic E-state index is 0.189. The van der Waals surface area contributed by atoms with E-state index in [1.807, 2.05) is 21.6 Å². The summed E-state index contributed by atoms with van der Waals surface area (Å²) in [4.78, 5) is 28.2. The lowest BCUT2D eigenvalue weighted by Crippen LogP contribution is -2.37. The van der Waals surface area contributed by atoms with E-state index in [2.05, 4.69) is 11.9 Å². The number of hydrogen-bond acceptors (Lipinski definition) is 3. The van der Waals surface area contributed by atoms with Crippen LogP contribution in [0.5, 0.6) is 0 Å². The van der Waals surface area contributed by atoms with Crippen LogP contribution in [0, 0.1) is 11.8 Å². The van der Waals surface area contributed by atoms with Gasteiger partial charge in [-0.2, -0.15) is 13.2 Å². The summed E-state index contributed by atoms with van der Waals surface area (Å²) in [5.41, 5.74) is 2.83. The predicted molar refractivity (Wildman–Crippen MR) is 136 cm³/mol. The number of hydrogen-bond donors (Lipinski definition) is 2. The summed E-state index contributed by atoms with van der Waals surface area (Å²) in [5.74, 6) is 1.40. The van der Waals surface area contributed by atoms with Gasteiger partial charge >= 0.3 is 12.3 Å². The van der Waals surface area contributed by atoms with E-state index in [0.29, 0.717) is 31.0 Å². The van der Waals surface area contributed by atoms with Gasteiger partial charge in [-0.05, 0) is 66.5 Å². The summed E-state index contributed by atoms with van der Waals surface area (Å²) >= 11 is 0. The van der Waals surface area contributed by atoms with E-state index in [-0.39, 0.29) is 12.5 Å². The molecule has 0 unspecified atom stereocenters. The number of fused-ring (bicyclic) bond motifs is 3. The normalized spacial score (nSPS) is 19.4. The number of carbonyl (C=O) groups excluding carboxylic acids is 1. The van der Waals surface area contributed by atoms with E-state index >= 15 is 0 Å². The second kappa shape index (κ2) is 11.4. The average molecular weight is 532 g/mol. The van der Waals surface area contributed by atoms with Crippen LogP contribution < -0.4 is 0 Å². The van der Waals surface area contributed by atoms with Crippen LogP contribution in [0.3, 0.4) is 0 Å². The molecule has 7 nitrogen and oxygen atoms in total. The summed E-state index contributed by atoms with van der Waals surface area (Å²) in [6, 6.07) is 9.37. The molecule has 1 saturated carbocycles. The molecule has 1 aliphatic carbocycles. The summed E-state index contributed by atoms with van der Waals surface area (Å²) in [5, 5.41) is 15.0. The van der Waals surface area contributed by atoms with Crippen LogP contribution in [-0.2, 0) is 30.5 Å². The van der Waals surface area contributed by atoms with Gasteiger partial charge in [-0.15, -0.1) is 0 Å². The lowest BCUT2D eigenvalue weighted by atomic mass is 9.81. The molecule has 38 heavy (non-hydrogen) atoms. The number of benzene rings is 1. The molecule has 0 radical (unpaired) electrons. The lowest BCUT2D eigenvalue weighted by Gasteiger charge is -2.31. The van der Waals surface area contributed by atoms with Gasteiger partial charge in [0.2, 0.25) is 5.91 Å². The largest absolute Gasteiger partial charge is 0.503 e. The maximum atomic E-state index is 13.3. The molecule has 0 bridgehead atoms. The second-order valence-corrected chi connectivity index (χ2v) is 10.3. The SMILES string of the molecule is CC1CCC(CC(=O)N2CCc3c(n(Cc4cccc(C(F)(F)F)c4)c4ncccc34)C2)CC1.O=C(O)O. The van der Waals surface area contributed by atoms with Gasteiger partial charge in [-0.25, -0.2) is 9.78 Å². The van der Waals surface area contributed by atoms with Crippen molar-refractivity contribution >= 4 is 23.1 Å². The van der Waals surface area contributed by atoms with Crippen molar-refractivity contribution in [3.63, 3.8) is 0 Å². The zero-order valence-electron chi connectivity index (χ0n) is 21.2. The molecule has 3 aromatic rings. The molecule has 5 rings (SSSR count). The molecule has 1 fully saturated rings. The molecule has 3 heterocycles. The standard InChI is InChI=1S/C27H30F3N3O.CH2O3/c1-18-7-9-19(10-8-18)15-25(34)32-13-11-22-23-6-3-12-31-26(23)33(24(22)17-32)16-20-4-2-5-21(14-20)27(28,29)30;2-1(3)4/h2-6,12,14,18-19H,7-11,13,15-17H2,1H3;(H2,2,3,4). The average Bonchev–Trinajstić information content (AvgIpc) is 3.18. The minimum atomic E-state index is -4.38. The van der Waals surface area contributed by atoms with Crippen molar-refractivity contribution in [1.29, 1.82) is 0 Å². The molecule has 2 N–H and O–H groups in total. The number of carboxylic acid groups (broad SMARTS) is 2. The summed E-state index contributed by atoms with van der Waals surface area (Å²) < 4.78 is 41.8. The van der Waals surface area contributed by atoms with Gasteiger partial charge in [-0.3, -0.25) is 4.79 Å². The molecule has 0 atom stereocenters. The Morgan fingerprint density at radius 2 is 1.79 bits per heavy atom.